The van der Waals surface area contributed by atoms with Crippen LogP contribution in [0.2, 0.25) is 0 Å². The van der Waals surface area contributed by atoms with E-state index in [9.17, 15) is 4.79 Å². The van der Waals surface area contributed by atoms with Gasteiger partial charge in [-0.15, -0.1) is 0 Å². The first-order valence-electron chi connectivity index (χ1n) is 9.82. The molecule has 0 N–H and O–H groups in total. The molecule has 0 saturated carbocycles. The summed E-state index contributed by atoms with van der Waals surface area (Å²) in [6.07, 6.45) is 3.52. The van der Waals surface area contributed by atoms with Gasteiger partial charge in [0.15, 0.2) is 5.76 Å². The van der Waals surface area contributed by atoms with Crippen LogP contribution in [0.15, 0.2) is 79.1 Å². The van der Waals surface area contributed by atoms with E-state index in [1.54, 1.807) is 30.4 Å². The number of rotatable bonds is 7. The molecular weight excluding hydrogens is 376 g/mol. The normalized spacial score (nSPS) is 13.6. The predicted molar refractivity (Wildman–Crippen MR) is 118 cm³/mol. The van der Waals surface area contributed by atoms with Gasteiger partial charge in [0.25, 0.3) is 0 Å². The lowest BCUT2D eigenvalue weighted by molar-refractivity contribution is 0.101. The summed E-state index contributed by atoms with van der Waals surface area (Å²) < 4.78 is 17.3. The summed E-state index contributed by atoms with van der Waals surface area (Å²) in [4.78, 5) is 12.7. The molecule has 0 fully saturated rings. The number of allylic oxidation sites excluding steroid dienone is 1. The molecule has 4 nitrogen and oxygen atoms in total. The molecule has 0 amide bonds. The van der Waals surface area contributed by atoms with Crippen molar-refractivity contribution in [3.8, 4) is 17.2 Å². The van der Waals surface area contributed by atoms with Gasteiger partial charge in [0.2, 0.25) is 5.78 Å². The summed E-state index contributed by atoms with van der Waals surface area (Å²) in [5.74, 6) is 1.98. The Morgan fingerprint density at radius 1 is 1.00 bits per heavy atom. The van der Waals surface area contributed by atoms with Crippen LogP contribution in [0.25, 0.3) is 12.2 Å². The molecule has 0 radical (unpaired) electrons. The maximum Gasteiger partial charge on any atom is 0.231 e. The van der Waals surface area contributed by atoms with E-state index < -0.39 is 0 Å². The number of ether oxygens (including phenoxy) is 3. The van der Waals surface area contributed by atoms with Crippen molar-refractivity contribution in [2.75, 3.05) is 6.61 Å². The van der Waals surface area contributed by atoms with Crippen LogP contribution in [0.3, 0.4) is 0 Å². The lowest BCUT2D eigenvalue weighted by Gasteiger charge is -2.08. The molecule has 3 aromatic carbocycles. The van der Waals surface area contributed by atoms with Gasteiger partial charge in [-0.1, -0.05) is 55.1 Å². The molecule has 1 aliphatic heterocycles. The largest absolute Gasteiger partial charge is 0.493 e. The molecular formula is C26H22O4. The summed E-state index contributed by atoms with van der Waals surface area (Å²) in [5.41, 5.74) is 3.44. The monoisotopic (exact) mass is 398 g/mol. The van der Waals surface area contributed by atoms with E-state index in [0.29, 0.717) is 36.0 Å². The van der Waals surface area contributed by atoms with Crippen molar-refractivity contribution in [3.63, 3.8) is 0 Å². The fraction of sp³-hybridized carbons (Fsp3) is 0.115. The van der Waals surface area contributed by atoms with Gasteiger partial charge in [0.1, 0.15) is 23.9 Å². The topological polar surface area (TPSA) is 44.8 Å². The molecule has 0 unspecified atom stereocenters. The van der Waals surface area contributed by atoms with Gasteiger partial charge in [-0.3, -0.25) is 4.79 Å². The highest BCUT2D eigenvalue weighted by Crippen LogP contribution is 2.36. The van der Waals surface area contributed by atoms with E-state index in [1.807, 2.05) is 55.5 Å². The van der Waals surface area contributed by atoms with Crippen molar-refractivity contribution in [1.29, 1.82) is 0 Å². The molecule has 4 heteroatoms. The third-order valence-electron chi connectivity index (χ3n) is 4.77. The molecule has 0 saturated heterocycles. The number of fused-ring (bicyclic) bond motifs is 1. The van der Waals surface area contributed by atoms with Crippen molar-refractivity contribution in [2.45, 2.75) is 13.5 Å². The third kappa shape index (κ3) is 4.13. The summed E-state index contributed by atoms with van der Waals surface area (Å²) in [6, 6.07) is 20.8. The Balaban J connectivity index is 1.50. The van der Waals surface area contributed by atoms with E-state index in [2.05, 4.69) is 6.58 Å². The average Bonchev–Trinajstić information content (AvgIpc) is 3.09. The number of carbonyl (C=O) groups excluding carboxylic acids is 1. The Kier molecular flexibility index (Phi) is 5.66. The maximum absolute atomic E-state index is 12.7. The standard InChI is InChI=1S/C26H22O4/c1-3-18-9-11-19(12-10-18)17-29-21-13-14-22-24(16-21)30-25(26(22)27)15-20-7-5-6-8-23(20)28-4-2/h3,5-16H,1,4,17H2,2H3. The summed E-state index contributed by atoms with van der Waals surface area (Å²) in [7, 11) is 0. The van der Waals surface area contributed by atoms with Crippen LogP contribution in [0, 0.1) is 0 Å². The second-order valence-electron chi connectivity index (χ2n) is 6.80. The highest BCUT2D eigenvalue weighted by molar-refractivity contribution is 6.14. The number of hydrogen-bond donors (Lipinski definition) is 0. The first-order valence-corrected chi connectivity index (χ1v) is 9.82. The molecule has 0 aliphatic carbocycles. The first-order chi connectivity index (χ1) is 14.7. The zero-order valence-electron chi connectivity index (χ0n) is 16.8. The molecule has 0 aromatic heterocycles. The van der Waals surface area contributed by atoms with Crippen LogP contribution < -0.4 is 14.2 Å². The van der Waals surface area contributed by atoms with Crippen LogP contribution >= 0.6 is 0 Å². The lowest BCUT2D eigenvalue weighted by atomic mass is 10.1. The molecule has 0 spiro atoms. The molecule has 1 heterocycles. The van der Waals surface area contributed by atoms with E-state index in [0.717, 1.165) is 16.7 Å². The van der Waals surface area contributed by atoms with Crippen molar-refractivity contribution in [2.24, 2.45) is 0 Å². The third-order valence-corrected chi connectivity index (χ3v) is 4.77. The maximum atomic E-state index is 12.7. The average molecular weight is 398 g/mol. The van der Waals surface area contributed by atoms with E-state index in [4.69, 9.17) is 14.2 Å². The quantitative estimate of drug-likeness (QED) is 0.463. The van der Waals surface area contributed by atoms with Gasteiger partial charge in [-0.25, -0.2) is 0 Å². The number of carbonyl (C=O) groups is 1. The van der Waals surface area contributed by atoms with Crippen LogP contribution in [0.5, 0.6) is 17.2 Å². The Labute approximate surface area is 176 Å². The molecule has 150 valence electrons. The van der Waals surface area contributed by atoms with Gasteiger partial charge < -0.3 is 14.2 Å². The van der Waals surface area contributed by atoms with Gasteiger partial charge in [-0.2, -0.15) is 0 Å². The highest BCUT2D eigenvalue weighted by atomic mass is 16.5. The Hall–Kier alpha value is -3.79. The number of Topliss-reactive ketones (excluding diaryl/α,β-unsaturated/α-hetero) is 1. The second-order valence-corrected chi connectivity index (χ2v) is 6.80. The second kappa shape index (κ2) is 8.70. The fourth-order valence-electron chi connectivity index (χ4n) is 3.20. The van der Waals surface area contributed by atoms with E-state index in [-0.39, 0.29) is 11.5 Å². The SMILES string of the molecule is C=Cc1ccc(COc2ccc3c(c2)OC(=Cc2ccccc2OCC)C3=O)cc1. The summed E-state index contributed by atoms with van der Waals surface area (Å²) >= 11 is 0. The van der Waals surface area contributed by atoms with Gasteiger partial charge in [-0.05, 0) is 42.3 Å². The van der Waals surface area contributed by atoms with E-state index >= 15 is 0 Å². The number of ketones is 1. The Morgan fingerprint density at radius 2 is 1.80 bits per heavy atom. The number of hydrogen-bond acceptors (Lipinski definition) is 4. The summed E-state index contributed by atoms with van der Waals surface area (Å²) in [5, 5.41) is 0. The Morgan fingerprint density at radius 3 is 2.57 bits per heavy atom. The van der Waals surface area contributed by atoms with Crippen molar-refractivity contribution in [1.82, 2.24) is 0 Å². The van der Waals surface area contributed by atoms with Crippen molar-refractivity contribution in [3.05, 3.63) is 101 Å². The number of benzene rings is 3. The molecule has 4 rings (SSSR count). The summed E-state index contributed by atoms with van der Waals surface area (Å²) in [6.45, 7) is 6.65. The number of para-hydroxylation sites is 1. The minimum Gasteiger partial charge on any atom is -0.493 e. The molecule has 1 aliphatic rings. The predicted octanol–water partition coefficient (Wildman–Crippen LogP) is 5.92. The first kappa shape index (κ1) is 19.5. The minimum atomic E-state index is -0.150. The lowest BCUT2D eigenvalue weighted by Crippen LogP contribution is -1.99. The molecule has 30 heavy (non-hydrogen) atoms. The van der Waals surface area contributed by atoms with Gasteiger partial charge in [0, 0.05) is 11.6 Å². The molecule has 3 aromatic rings. The van der Waals surface area contributed by atoms with Gasteiger partial charge in [0.05, 0.1) is 12.2 Å². The fourth-order valence-corrected chi connectivity index (χ4v) is 3.20. The smallest absolute Gasteiger partial charge is 0.231 e. The van der Waals surface area contributed by atoms with Crippen molar-refractivity contribution < 1.29 is 19.0 Å². The zero-order chi connectivity index (χ0) is 20.9. The zero-order valence-corrected chi connectivity index (χ0v) is 16.8. The minimum absolute atomic E-state index is 0.150. The van der Waals surface area contributed by atoms with Crippen LogP contribution in [-0.2, 0) is 6.61 Å². The van der Waals surface area contributed by atoms with Crippen molar-refractivity contribution >= 4 is 17.9 Å². The molecule has 0 atom stereocenters. The van der Waals surface area contributed by atoms with Crippen LogP contribution in [-0.4, -0.2) is 12.4 Å². The Bertz CT molecular complexity index is 1110. The highest BCUT2D eigenvalue weighted by Gasteiger charge is 2.28. The van der Waals surface area contributed by atoms with Crippen LogP contribution in [0.4, 0.5) is 0 Å². The molecule has 0 bridgehead atoms. The van der Waals surface area contributed by atoms with E-state index in [1.165, 1.54) is 0 Å². The van der Waals surface area contributed by atoms with Crippen LogP contribution in [0.1, 0.15) is 34.0 Å². The van der Waals surface area contributed by atoms with Gasteiger partial charge >= 0.3 is 0 Å².